The number of carbonyl (C=O) groups excluding carboxylic acids is 1. The molecule has 1 aliphatic heterocycles. The summed E-state index contributed by atoms with van der Waals surface area (Å²) >= 11 is 1.24. The third kappa shape index (κ3) is 3.12. The third-order valence-electron chi connectivity index (χ3n) is 3.51. The molecule has 6 nitrogen and oxygen atoms in total. The molecule has 1 aliphatic rings. The van der Waals surface area contributed by atoms with E-state index < -0.39 is 5.97 Å². The van der Waals surface area contributed by atoms with Gasteiger partial charge < -0.3 is 20.1 Å². The summed E-state index contributed by atoms with van der Waals surface area (Å²) in [5.41, 5.74) is 6.48. The lowest BCUT2D eigenvalue weighted by molar-refractivity contribution is 0.0527. The maximum Gasteiger partial charge on any atom is 0.343 e. The minimum atomic E-state index is -0.470. The number of anilines is 2. The summed E-state index contributed by atoms with van der Waals surface area (Å²) < 4.78 is 10.5. The van der Waals surface area contributed by atoms with Crippen molar-refractivity contribution >= 4 is 28.0 Å². The van der Waals surface area contributed by atoms with Crippen LogP contribution in [-0.4, -0.2) is 38.9 Å². The Kier molecular flexibility index (Phi) is 5.04. The van der Waals surface area contributed by atoms with Gasteiger partial charge in [-0.05, 0) is 19.8 Å². The molecule has 1 aromatic rings. The zero-order chi connectivity index (χ0) is 15.4. The molecule has 1 fully saturated rings. The molecule has 0 radical (unpaired) electrons. The van der Waals surface area contributed by atoms with Crippen LogP contribution in [0.1, 0.15) is 35.0 Å². The van der Waals surface area contributed by atoms with Crippen molar-refractivity contribution in [3.05, 3.63) is 10.4 Å². The van der Waals surface area contributed by atoms with Crippen LogP contribution in [0.25, 0.3) is 0 Å². The number of piperidine rings is 1. The third-order valence-corrected chi connectivity index (χ3v) is 4.68. The van der Waals surface area contributed by atoms with Crippen molar-refractivity contribution in [3.8, 4) is 6.07 Å². The fourth-order valence-corrected chi connectivity index (χ4v) is 3.49. The van der Waals surface area contributed by atoms with Crippen molar-refractivity contribution < 1.29 is 14.3 Å². The van der Waals surface area contributed by atoms with Crippen molar-refractivity contribution in [2.24, 2.45) is 0 Å². The number of ether oxygens (including phenoxy) is 2. The van der Waals surface area contributed by atoms with E-state index >= 15 is 0 Å². The van der Waals surface area contributed by atoms with Crippen LogP contribution in [0.15, 0.2) is 0 Å². The van der Waals surface area contributed by atoms with Crippen molar-refractivity contribution in [1.29, 1.82) is 5.26 Å². The molecule has 2 heterocycles. The first-order valence-electron chi connectivity index (χ1n) is 6.89. The lowest BCUT2D eigenvalue weighted by atomic mass is 10.1. The van der Waals surface area contributed by atoms with E-state index in [1.54, 1.807) is 14.0 Å². The van der Waals surface area contributed by atoms with Gasteiger partial charge in [0, 0.05) is 20.2 Å². The lowest BCUT2D eigenvalue weighted by Crippen LogP contribution is -2.39. The van der Waals surface area contributed by atoms with E-state index in [-0.39, 0.29) is 18.4 Å². The van der Waals surface area contributed by atoms with Gasteiger partial charge in [0.2, 0.25) is 0 Å². The van der Waals surface area contributed by atoms with Crippen LogP contribution in [-0.2, 0) is 9.47 Å². The molecular weight excluding hydrogens is 290 g/mol. The van der Waals surface area contributed by atoms with Gasteiger partial charge in [0.1, 0.15) is 21.5 Å². The highest BCUT2D eigenvalue weighted by Crippen LogP contribution is 2.39. The Balaban J connectivity index is 2.38. The second-order valence-electron chi connectivity index (χ2n) is 4.80. The molecule has 0 saturated carbocycles. The van der Waals surface area contributed by atoms with E-state index in [0.29, 0.717) is 22.0 Å². The Labute approximate surface area is 128 Å². The number of thiophene rings is 1. The van der Waals surface area contributed by atoms with Crippen LogP contribution in [0.3, 0.4) is 0 Å². The summed E-state index contributed by atoms with van der Waals surface area (Å²) in [6.07, 6.45) is 2.09. The fourth-order valence-electron chi connectivity index (χ4n) is 2.45. The van der Waals surface area contributed by atoms with Gasteiger partial charge in [0.05, 0.1) is 18.4 Å². The first kappa shape index (κ1) is 15.6. The molecule has 114 valence electrons. The van der Waals surface area contributed by atoms with Crippen LogP contribution < -0.4 is 10.6 Å². The largest absolute Gasteiger partial charge is 0.462 e. The van der Waals surface area contributed by atoms with Crippen molar-refractivity contribution in [1.82, 2.24) is 0 Å². The monoisotopic (exact) mass is 309 g/mol. The van der Waals surface area contributed by atoms with E-state index in [9.17, 15) is 4.79 Å². The number of nitrogen functional groups attached to an aromatic ring is 1. The number of nitrogens with zero attached hydrogens (tertiary/aromatic N) is 2. The molecule has 2 rings (SSSR count). The standard InChI is InChI=1S/C14H19N3O3S/c1-3-20-14(18)11-12(16)10(7-15)21-13(11)17-6-4-5-9(8-17)19-2/h9H,3-6,8,16H2,1-2H3. The summed E-state index contributed by atoms with van der Waals surface area (Å²) in [5.74, 6) is -0.470. The Morgan fingerprint density at radius 3 is 3.00 bits per heavy atom. The van der Waals surface area contributed by atoms with Crippen molar-refractivity contribution in [2.45, 2.75) is 25.9 Å². The van der Waals surface area contributed by atoms with Gasteiger partial charge in [-0.3, -0.25) is 0 Å². The van der Waals surface area contributed by atoms with Gasteiger partial charge in [-0.1, -0.05) is 0 Å². The SMILES string of the molecule is CCOC(=O)c1c(N2CCCC(OC)C2)sc(C#N)c1N. The number of rotatable bonds is 4. The van der Waals surface area contributed by atoms with Gasteiger partial charge in [-0.25, -0.2) is 4.79 Å². The summed E-state index contributed by atoms with van der Waals surface area (Å²) in [4.78, 5) is 14.6. The molecule has 7 heteroatoms. The van der Waals surface area contributed by atoms with Gasteiger partial charge in [-0.15, -0.1) is 11.3 Å². The van der Waals surface area contributed by atoms with E-state index in [4.69, 9.17) is 20.5 Å². The van der Waals surface area contributed by atoms with Crippen molar-refractivity contribution in [3.63, 3.8) is 0 Å². The summed E-state index contributed by atoms with van der Waals surface area (Å²) in [5, 5.41) is 9.86. The maximum absolute atomic E-state index is 12.1. The Hall–Kier alpha value is -1.78. The second-order valence-corrected chi connectivity index (χ2v) is 5.80. The fraction of sp³-hybridized carbons (Fsp3) is 0.571. The summed E-state index contributed by atoms with van der Waals surface area (Å²) in [6, 6.07) is 2.05. The molecule has 0 bridgehead atoms. The van der Waals surface area contributed by atoms with E-state index in [0.717, 1.165) is 19.4 Å². The summed E-state index contributed by atoms with van der Waals surface area (Å²) in [6.45, 7) is 3.52. The average Bonchev–Trinajstić information content (AvgIpc) is 2.84. The number of esters is 1. The zero-order valence-corrected chi connectivity index (χ0v) is 13.0. The number of hydrogen-bond acceptors (Lipinski definition) is 7. The molecule has 21 heavy (non-hydrogen) atoms. The van der Waals surface area contributed by atoms with Gasteiger partial charge >= 0.3 is 5.97 Å². The number of hydrogen-bond donors (Lipinski definition) is 1. The molecule has 2 N–H and O–H groups in total. The van der Waals surface area contributed by atoms with Crippen LogP contribution in [0, 0.1) is 11.3 Å². The molecular formula is C14H19N3O3S. The molecule has 1 aromatic heterocycles. The Bertz CT molecular complexity index is 565. The number of nitriles is 1. The number of nitrogens with two attached hydrogens (primary N) is 1. The predicted molar refractivity (Wildman–Crippen MR) is 81.6 cm³/mol. The molecule has 1 unspecified atom stereocenters. The van der Waals surface area contributed by atoms with E-state index in [1.807, 2.05) is 6.07 Å². The minimum Gasteiger partial charge on any atom is -0.462 e. The predicted octanol–water partition coefficient (Wildman–Crippen LogP) is 1.99. The highest BCUT2D eigenvalue weighted by molar-refractivity contribution is 7.17. The topological polar surface area (TPSA) is 88.6 Å². The molecule has 0 aromatic carbocycles. The second kappa shape index (κ2) is 6.78. The lowest BCUT2D eigenvalue weighted by Gasteiger charge is -2.33. The van der Waals surface area contributed by atoms with Crippen LogP contribution >= 0.6 is 11.3 Å². The van der Waals surface area contributed by atoms with Gasteiger partial charge in [0.15, 0.2) is 0 Å². The first-order chi connectivity index (χ1) is 10.1. The maximum atomic E-state index is 12.1. The first-order valence-corrected chi connectivity index (χ1v) is 7.71. The molecule has 0 spiro atoms. The Morgan fingerprint density at radius 1 is 1.62 bits per heavy atom. The smallest absolute Gasteiger partial charge is 0.343 e. The zero-order valence-electron chi connectivity index (χ0n) is 12.2. The highest BCUT2D eigenvalue weighted by atomic mass is 32.1. The highest BCUT2D eigenvalue weighted by Gasteiger charge is 2.29. The number of carbonyl (C=O) groups is 1. The van der Waals surface area contributed by atoms with Crippen LogP contribution in [0.2, 0.25) is 0 Å². The molecule has 0 aliphatic carbocycles. The minimum absolute atomic E-state index is 0.127. The molecule has 0 amide bonds. The van der Waals surface area contributed by atoms with Crippen molar-refractivity contribution in [2.75, 3.05) is 37.4 Å². The van der Waals surface area contributed by atoms with Crippen LogP contribution in [0.4, 0.5) is 10.7 Å². The molecule has 1 saturated heterocycles. The molecule has 1 atom stereocenters. The van der Waals surface area contributed by atoms with Gasteiger partial charge in [0.25, 0.3) is 0 Å². The quantitative estimate of drug-likeness (QED) is 0.856. The number of methoxy groups -OCH3 is 1. The van der Waals surface area contributed by atoms with E-state index in [2.05, 4.69) is 4.90 Å². The van der Waals surface area contributed by atoms with E-state index in [1.165, 1.54) is 11.3 Å². The Morgan fingerprint density at radius 2 is 2.38 bits per heavy atom. The summed E-state index contributed by atoms with van der Waals surface area (Å²) in [7, 11) is 1.68. The normalized spacial score (nSPS) is 18.3. The van der Waals surface area contributed by atoms with Crippen LogP contribution in [0.5, 0.6) is 0 Å². The van der Waals surface area contributed by atoms with Gasteiger partial charge in [-0.2, -0.15) is 5.26 Å². The average molecular weight is 309 g/mol.